The molecule has 0 saturated heterocycles. The van der Waals surface area contributed by atoms with Crippen LogP contribution < -0.4 is 10.0 Å². The molecule has 0 saturated carbocycles. The maximum atomic E-state index is 12.3. The number of sulfonamides is 1. The van der Waals surface area contributed by atoms with Crippen molar-refractivity contribution >= 4 is 33.0 Å². The summed E-state index contributed by atoms with van der Waals surface area (Å²) in [6.07, 6.45) is 0.800. The lowest BCUT2D eigenvalue weighted by Crippen LogP contribution is -2.32. The molecule has 0 radical (unpaired) electrons. The Bertz CT molecular complexity index is 740. The van der Waals surface area contributed by atoms with E-state index in [-0.39, 0.29) is 21.8 Å². The third-order valence-corrected chi connectivity index (χ3v) is 5.93. The molecule has 22 heavy (non-hydrogen) atoms. The van der Waals surface area contributed by atoms with Gasteiger partial charge in [0, 0.05) is 6.04 Å². The Morgan fingerprint density at radius 3 is 2.59 bits per heavy atom. The molecule has 0 aliphatic carbocycles. The standard InChI is InChI=1S/C15H18N2O3S2/c1-3-11(2)16-15(18)12-7-4-5-8-13(12)17-22(19,20)14-9-6-10-21-14/h4-11,17H,3H2,1-2H3,(H,16,18)/t11-/m1/s1. The Morgan fingerprint density at radius 1 is 1.23 bits per heavy atom. The molecule has 1 atom stereocenters. The van der Waals surface area contributed by atoms with E-state index in [1.807, 2.05) is 13.8 Å². The van der Waals surface area contributed by atoms with E-state index in [1.54, 1.807) is 35.7 Å². The van der Waals surface area contributed by atoms with E-state index in [2.05, 4.69) is 10.0 Å². The van der Waals surface area contributed by atoms with Gasteiger partial charge in [0.25, 0.3) is 15.9 Å². The molecular weight excluding hydrogens is 320 g/mol. The van der Waals surface area contributed by atoms with E-state index in [1.165, 1.54) is 6.07 Å². The lowest BCUT2D eigenvalue weighted by atomic mass is 10.1. The van der Waals surface area contributed by atoms with Crippen molar-refractivity contribution in [3.63, 3.8) is 0 Å². The summed E-state index contributed by atoms with van der Waals surface area (Å²) in [6.45, 7) is 3.87. The van der Waals surface area contributed by atoms with Crippen LogP contribution in [0.25, 0.3) is 0 Å². The number of anilines is 1. The highest BCUT2D eigenvalue weighted by Crippen LogP contribution is 2.22. The average molecular weight is 338 g/mol. The van der Waals surface area contributed by atoms with Gasteiger partial charge in [-0.05, 0) is 36.9 Å². The number of amides is 1. The largest absolute Gasteiger partial charge is 0.350 e. The van der Waals surface area contributed by atoms with Gasteiger partial charge in [-0.3, -0.25) is 9.52 Å². The monoisotopic (exact) mass is 338 g/mol. The lowest BCUT2D eigenvalue weighted by Gasteiger charge is -2.15. The number of carbonyl (C=O) groups excluding carboxylic acids is 1. The summed E-state index contributed by atoms with van der Waals surface area (Å²) in [6, 6.07) is 9.78. The molecule has 5 nitrogen and oxygen atoms in total. The molecule has 0 fully saturated rings. The molecule has 118 valence electrons. The highest BCUT2D eigenvalue weighted by atomic mass is 32.2. The van der Waals surface area contributed by atoms with Crippen molar-refractivity contribution in [2.75, 3.05) is 4.72 Å². The Hall–Kier alpha value is -1.86. The molecule has 1 heterocycles. The Balaban J connectivity index is 2.28. The number of rotatable bonds is 6. The Labute approximate surface area is 134 Å². The zero-order valence-corrected chi connectivity index (χ0v) is 14.0. The van der Waals surface area contributed by atoms with Crippen LogP contribution in [-0.4, -0.2) is 20.4 Å². The van der Waals surface area contributed by atoms with E-state index in [0.717, 1.165) is 17.8 Å². The van der Waals surface area contributed by atoms with E-state index in [4.69, 9.17) is 0 Å². The smallest absolute Gasteiger partial charge is 0.271 e. The number of carbonyl (C=O) groups is 1. The van der Waals surface area contributed by atoms with E-state index < -0.39 is 10.0 Å². The van der Waals surface area contributed by atoms with Crippen molar-refractivity contribution in [1.82, 2.24) is 5.32 Å². The second-order valence-corrected chi connectivity index (χ2v) is 7.72. The first-order valence-corrected chi connectivity index (χ1v) is 9.26. The molecule has 2 N–H and O–H groups in total. The summed E-state index contributed by atoms with van der Waals surface area (Å²) in [4.78, 5) is 12.3. The van der Waals surface area contributed by atoms with Gasteiger partial charge >= 0.3 is 0 Å². The number of benzene rings is 1. The van der Waals surface area contributed by atoms with Gasteiger partial charge in [0.05, 0.1) is 11.3 Å². The minimum absolute atomic E-state index is 0.0226. The van der Waals surface area contributed by atoms with Gasteiger partial charge in [0.15, 0.2) is 0 Å². The molecule has 1 amide bonds. The van der Waals surface area contributed by atoms with E-state index in [0.29, 0.717) is 5.56 Å². The number of thiophene rings is 1. The van der Waals surface area contributed by atoms with Gasteiger partial charge in [-0.25, -0.2) is 8.42 Å². The van der Waals surface area contributed by atoms with Crippen LogP contribution in [0.15, 0.2) is 46.0 Å². The van der Waals surface area contributed by atoms with Crippen LogP contribution in [-0.2, 0) is 10.0 Å². The second kappa shape index (κ2) is 6.93. The first-order chi connectivity index (χ1) is 10.4. The fourth-order valence-electron chi connectivity index (χ4n) is 1.79. The second-order valence-electron chi connectivity index (χ2n) is 4.87. The number of hydrogen-bond acceptors (Lipinski definition) is 4. The third kappa shape index (κ3) is 3.86. The molecule has 0 spiro atoms. The predicted molar refractivity (Wildman–Crippen MR) is 88.8 cm³/mol. The fraction of sp³-hybridized carbons (Fsp3) is 0.267. The normalized spacial score (nSPS) is 12.6. The maximum absolute atomic E-state index is 12.3. The average Bonchev–Trinajstić information content (AvgIpc) is 3.02. The summed E-state index contributed by atoms with van der Waals surface area (Å²) in [5, 5.41) is 4.53. The summed E-state index contributed by atoms with van der Waals surface area (Å²) in [5.74, 6) is -0.293. The first kappa shape index (κ1) is 16.5. The third-order valence-electron chi connectivity index (χ3n) is 3.17. The number of nitrogens with one attached hydrogen (secondary N) is 2. The van der Waals surface area contributed by atoms with Gasteiger partial charge < -0.3 is 5.32 Å². The Kier molecular flexibility index (Phi) is 5.20. The van der Waals surface area contributed by atoms with E-state index >= 15 is 0 Å². The van der Waals surface area contributed by atoms with Crippen LogP contribution in [0, 0.1) is 0 Å². The molecule has 0 unspecified atom stereocenters. The predicted octanol–water partition coefficient (Wildman–Crippen LogP) is 3.08. The summed E-state index contributed by atoms with van der Waals surface area (Å²) in [7, 11) is -3.67. The molecule has 0 aliphatic rings. The minimum Gasteiger partial charge on any atom is -0.350 e. The molecule has 2 rings (SSSR count). The Morgan fingerprint density at radius 2 is 1.95 bits per heavy atom. The highest BCUT2D eigenvalue weighted by Gasteiger charge is 2.19. The first-order valence-electron chi connectivity index (χ1n) is 6.90. The SMILES string of the molecule is CC[C@@H](C)NC(=O)c1ccccc1NS(=O)(=O)c1cccs1. The summed E-state index contributed by atoms with van der Waals surface area (Å²) < 4.78 is 27.3. The van der Waals surface area contributed by atoms with Crippen molar-refractivity contribution < 1.29 is 13.2 Å². The van der Waals surface area contributed by atoms with Gasteiger partial charge in [0.1, 0.15) is 4.21 Å². The van der Waals surface area contributed by atoms with Crippen LogP contribution in [0.1, 0.15) is 30.6 Å². The van der Waals surface area contributed by atoms with Crippen LogP contribution in [0.3, 0.4) is 0 Å². The topological polar surface area (TPSA) is 75.3 Å². The molecule has 1 aromatic carbocycles. The molecule has 1 aromatic heterocycles. The van der Waals surface area contributed by atoms with Crippen molar-refractivity contribution in [2.24, 2.45) is 0 Å². The van der Waals surface area contributed by atoms with Gasteiger partial charge in [-0.2, -0.15) is 0 Å². The van der Waals surface area contributed by atoms with Crippen LogP contribution in [0.5, 0.6) is 0 Å². The fourth-order valence-corrected chi connectivity index (χ4v) is 3.86. The van der Waals surface area contributed by atoms with Crippen molar-refractivity contribution in [3.8, 4) is 0 Å². The molecular formula is C15H18N2O3S2. The maximum Gasteiger partial charge on any atom is 0.271 e. The molecule has 0 aliphatic heterocycles. The summed E-state index contributed by atoms with van der Waals surface area (Å²) in [5.41, 5.74) is 0.583. The van der Waals surface area contributed by atoms with Crippen molar-refractivity contribution in [2.45, 2.75) is 30.5 Å². The van der Waals surface area contributed by atoms with Crippen molar-refractivity contribution in [1.29, 1.82) is 0 Å². The van der Waals surface area contributed by atoms with Crippen molar-refractivity contribution in [3.05, 3.63) is 47.3 Å². The quantitative estimate of drug-likeness (QED) is 0.850. The number of hydrogen-bond donors (Lipinski definition) is 2. The van der Waals surface area contributed by atoms with E-state index in [9.17, 15) is 13.2 Å². The van der Waals surface area contributed by atoms with Crippen LogP contribution in [0.4, 0.5) is 5.69 Å². The van der Waals surface area contributed by atoms with Gasteiger partial charge in [-0.1, -0.05) is 25.1 Å². The minimum atomic E-state index is -3.67. The zero-order valence-electron chi connectivity index (χ0n) is 12.4. The molecule has 7 heteroatoms. The van der Waals surface area contributed by atoms with Crippen LogP contribution in [0.2, 0.25) is 0 Å². The molecule has 0 bridgehead atoms. The number of para-hydroxylation sites is 1. The lowest BCUT2D eigenvalue weighted by molar-refractivity contribution is 0.0940. The summed E-state index contributed by atoms with van der Waals surface area (Å²) >= 11 is 1.13. The van der Waals surface area contributed by atoms with Gasteiger partial charge in [-0.15, -0.1) is 11.3 Å². The van der Waals surface area contributed by atoms with Crippen LogP contribution >= 0.6 is 11.3 Å². The zero-order chi connectivity index (χ0) is 16.2. The van der Waals surface area contributed by atoms with Gasteiger partial charge in [0.2, 0.25) is 0 Å². The highest BCUT2D eigenvalue weighted by molar-refractivity contribution is 7.94. The molecule has 2 aromatic rings.